The number of urea groups is 1. The zero-order valence-electron chi connectivity index (χ0n) is 16.7. The number of ether oxygens (including phenoxy) is 2. The predicted molar refractivity (Wildman–Crippen MR) is 115 cm³/mol. The highest BCUT2D eigenvalue weighted by Crippen LogP contribution is 2.28. The molecule has 0 radical (unpaired) electrons. The largest absolute Gasteiger partial charge is 0.497 e. The molecule has 0 atom stereocenters. The van der Waals surface area contributed by atoms with Crippen molar-refractivity contribution in [1.29, 1.82) is 0 Å². The third kappa shape index (κ3) is 5.35. The minimum Gasteiger partial charge on any atom is -0.497 e. The van der Waals surface area contributed by atoms with Crippen LogP contribution < -0.4 is 19.5 Å². The van der Waals surface area contributed by atoms with Crippen LogP contribution >= 0.6 is 11.6 Å². The highest BCUT2D eigenvalue weighted by atomic mass is 35.5. The fourth-order valence-corrected chi connectivity index (χ4v) is 4.69. The number of sulfonamides is 1. The topological polar surface area (TPSA) is 97.0 Å². The van der Waals surface area contributed by atoms with Gasteiger partial charge in [0, 0.05) is 24.2 Å². The van der Waals surface area contributed by atoms with E-state index in [0.29, 0.717) is 48.1 Å². The molecular formula is C20H24ClN3O5S. The lowest BCUT2D eigenvalue weighted by atomic mass is 10.1. The fraction of sp³-hybridized carbons (Fsp3) is 0.350. The molecule has 1 aliphatic heterocycles. The van der Waals surface area contributed by atoms with Crippen LogP contribution in [-0.2, 0) is 10.0 Å². The number of carbonyl (C=O) groups excluding carboxylic acids is 1. The van der Waals surface area contributed by atoms with Crippen molar-refractivity contribution in [2.75, 3.05) is 32.6 Å². The van der Waals surface area contributed by atoms with E-state index in [9.17, 15) is 13.2 Å². The molecule has 2 aromatic rings. The first-order valence-corrected chi connectivity index (χ1v) is 11.2. The van der Waals surface area contributed by atoms with Crippen LogP contribution in [0.5, 0.6) is 11.5 Å². The number of hydrogen-bond donors (Lipinski definition) is 2. The maximum atomic E-state index is 12.6. The highest BCUT2D eigenvalue weighted by molar-refractivity contribution is 7.89. The van der Waals surface area contributed by atoms with E-state index in [-0.39, 0.29) is 17.0 Å². The second-order valence-electron chi connectivity index (χ2n) is 6.83. The Bertz CT molecular complexity index is 990. The van der Waals surface area contributed by atoms with Gasteiger partial charge in [-0.25, -0.2) is 17.9 Å². The van der Waals surface area contributed by atoms with Gasteiger partial charge in [0.15, 0.2) is 0 Å². The van der Waals surface area contributed by atoms with Crippen LogP contribution in [0.25, 0.3) is 0 Å². The molecule has 0 aliphatic carbocycles. The number of halogens is 1. The molecule has 162 valence electrons. The Morgan fingerprint density at radius 1 is 1.07 bits per heavy atom. The molecule has 0 saturated carbocycles. The maximum absolute atomic E-state index is 12.6. The van der Waals surface area contributed by atoms with Crippen molar-refractivity contribution in [1.82, 2.24) is 9.62 Å². The van der Waals surface area contributed by atoms with Crippen LogP contribution in [0.15, 0.2) is 47.4 Å². The molecule has 1 fully saturated rings. The van der Waals surface area contributed by atoms with E-state index in [4.69, 9.17) is 21.1 Å². The van der Waals surface area contributed by atoms with Gasteiger partial charge in [0.05, 0.1) is 24.8 Å². The van der Waals surface area contributed by atoms with E-state index in [1.54, 1.807) is 35.2 Å². The van der Waals surface area contributed by atoms with E-state index < -0.39 is 10.0 Å². The maximum Gasteiger partial charge on any atom is 0.321 e. The van der Waals surface area contributed by atoms with Gasteiger partial charge >= 0.3 is 6.03 Å². The van der Waals surface area contributed by atoms with Gasteiger partial charge < -0.3 is 19.7 Å². The van der Waals surface area contributed by atoms with Crippen molar-refractivity contribution < 1.29 is 22.7 Å². The van der Waals surface area contributed by atoms with Crippen LogP contribution in [0.3, 0.4) is 0 Å². The first-order chi connectivity index (χ1) is 14.3. The quantitative estimate of drug-likeness (QED) is 0.699. The molecule has 0 spiro atoms. The molecule has 30 heavy (non-hydrogen) atoms. The Labute approximate surface area is 181 Å². The molecule has 0 unspecified atom stereocenters. The van der Waals surface area contributed by atoms with Crippen LogP contribution in [-0.4, -0.2) is 52.7 Å². The lowest BCUT2D eigenvalue weighted by Gasteiger charge is -2.32. The molecule has 2 amide bonds. The number of likely N-dealkylation sites (tertiary alicyclic amines) is 1. The average molecular weight is 454 g/mol. The second-order valence-corrected chi connectivity index (χ2v) is 8.98. The summed E-state index contributed by atoms with van der Waals surface area (Å²) in [6.45, 7) is 0.842. The second kappa shape index (κ2) is 9.55. The van der Waals surface area contributed by atoms with Crippen LogP contribution in [0.1, 0.15) is 12.8 Å². The minimum atomic E-state index is -3.64. The number of anilines is 1. The van der Waals surface area contributed by atoms with Crippen molar-refractivity contribution in [3.05, 3.63) is 47.5 Å². The molecule has 2 N–H and O–H groups in total. The lowest BCUT2D eigenvalue weighted by Crippen LogP contribution is -2.47. The van der Waals surface area contributed by atoms with Crippen molar-refractivity contribution in [3.63, 3.8) is 0 Å². The number of nitrogens with zero attached hydrogens (tertiary/aromatic N) is 1. The highest BCUT2D eigenvalue weighted by Gasteiger charge is 2.27. The van der Waals surface area contributed by atoms with E-state index in [1.165, 1.54) is 26.4 Å². The summed E-state index contributed by atoms with van der Waals surface area (Å²) >= 11 is 6.00. The number of nitrogens with one attached hydrogen (secondary N) is 2. The molecule has 3 rings (SSSR count). The first-order valence-electron chi connectivity index (χ1n) is 9.38. The van der Waals surface area contributed by atoms with E-state index in [2.05, 4.69) is 10.0 Å². The number of hydrogen-bond acceptors (Lipinski definition) is 5. The first kappa shape index (κ1) is 22.2. The van der Waals surface area contributed by atoms with Gasteiger partial charge in [-0.05, 0) is 55.3 Å². The normalized spacial score (nSPS) is 15.0. The lowest BCUT2D eigenvalue weighted by molar-refractivity contribution is 0.193. The SMILES string of the molecule is COc1ccc(S(=O)(=O)NC2CCN(C(=O)Nc3cc(Cl)ccc3OC)CC2)cc1. The monoisotopic (exact) mass is 453 g/mol. The summed E-state index contributed by atoms with van der Waals surface area (Å²) in [5.74, 6) is 1.10. The number of amides is 2. The number of benzene rings is 2. The molecule has 2 aromatic carbocycles. The van der Waals surface area contributed by atoms with Crippen LogP contribution in [0.4, 0.5) is 10.5 Å². The van der Waals surface area contributed by atoms with Crippen molar-refractivity contribution in [2.24, 2.45) is 0 Å². The number of rotatable bonds is 6. The third-order valence-corrected chi connectivity index (χ3v) is 6.65. The van der Waals surface area contributed by atoms with Crippen molar-refractivity contribution in [2.45, 2.75) is 23.8 Å². The average Bonchev–Trinajstić information content (AvgIpc) is 2.74. The van der Waals surface area contributed by atoms with E-state index >= 15 is 0 Å². The van der Waals surface area contributed by atoms with Gasteiger partial charge in [-0.15, -0.1) is 0 Å². The van der Waals surface area contributed by atoms with Gasteiger partial charge in [0.2, 0.25) is 10.0 Å². The van der Waals surface area contributed by atoms with Gasteiger partial charge in [-0.1, -0.05) is 11.6 Å². The van der Waals surface area contributed by atoms with Crippen LogP contribution in [0, 0.1) is 0 Å². The summed E-state index contributed by atoms with van der Waals surface area (Å²) in [4.78, 5) is 14.4. The number of piperidine rings is 1. The summed E-state index contributed by atoms with van der Waals surface area (Å²) in [5.41, 5.74) is 0.484. The summed E-state index contributed by atoms with van der Waals surface area (Å²) < 4.78 is 38.2. The Balaban J connectivity index is 1.56. The van der Waals surface area contributed by atoms with Crippen molar-refractivity contribution >= 4 is 33.3 Å². The molecule has 0 bridgehead atoms. The van der Waals surface area contributed by atoms with E-state index in [1.807, 2.05) is 0 Å². The molecule has 1 aliphatic rings. The van der Waals surface area contributed by atoms with Gasteiger partial charge in [-0.2, -0.15) is 0 Å². The fourth-order valence-electron chi connectivity index (χ4n) is 3.21. The summed E-state index contributed by atoms with van der Waals surface area (Å²) in [6, 6.07) is 10.7. The summed E-state index contributed by atoms with van der Waals surface area (Å²) in [5, 5.41) is 3.28. The van der Waals surface area contributed by atoms with E-state index in [0.717, 1.165) is 0 Å². The third-order valence-electron chi connectivity index (χ3n) is 4.88. The Hall–Kier alpha value is -2.49. The van der Waals surface area contributed by atoms with Crippen molar-refractivity contribution in [3.8, 4) is 11.5 Å². The minimum absolute atomic E-state index is 0.177. The standard InChI is InChI=1S/C20H24ClN3O5S/c1-28-16-4-6-17(7-5-16)30(26,27)23-15-9-11-24(12-10-15)20(25)22-18-13-14(21)3-8-19(18)29-2/h3-8,13,15,23H,9-12H2,1-2H3,(H,22,25). The predicted octanol–water partition coefficient (Wildman–Crippen LogP) is 3.33. The number of methoxy groups -OCH3 is 2. The number of carbonyl (C=O) groups is 1. The van der Waals surface area contributed by atoms with Crippen LogP contribution in [0.2, 0.25) is 5.02 Å². The molecule has 1 heterocycles. The molecule has 8 nitrogen and oxygen atoms in total. The summed E-state index contributed by atoms with van der Waals surface area (Å²) in [7, 11) is -0.606. The molecule has 1 saturated heterocycles. The Kier molecular flexibility index (Phi) is 7.06. The van der Waals surface area contributed by atoms with Gasteiger partial charge in [0.1, 0.15) is 11.5 Å². The van der Waals surface area contributed by atoms with Gasteiger partial charge in [0.25, 0.3) is 0 Å². The molecular weight excluding hydrogens is 430 g/mol. The molecule has 0 aromatic heterocycles. The van der Waals surface area contributed by atoms with Gasteiger partial charge in [-0.3, -0.25) is 0 Å². The zero-order chi connectivity index (χ0) is 21.7. The Morgan fingerprint density at radius 2 is 1.73 bits per heavy atom. The Morgan fingerprint density at radius 3 is 2.33 bits per heavy atom. The zero-order valence-corrected chi connectivity index (χ0v) is 18.3. The summed E-state index contributed by atoms with van der Waals surface area (Å²) in [6.07, 6.45) is 1.02. The smallest absolute Gasteiger partial charge is 0.321 e. The molecule has 10 heteroatoms.